The number of benzene rings is 2. The van der Waals surface area contributed by atoms with E-state index in [9.17, 15) is 4.79 Å². The van der Waals surface area contributed by atoms with Gasteiger partial charge in [-0.05, 0) is 79.6 Å². The number of hydrogen-bond acceptors (Lipinski definition) is 6. The monoisotopic (exact) mass is 397 g/mol. The molecule has 146 valence electrons. The number of nitrogens with zero attached hydrogens (tertiary/aromatic N) is 4. The molecular weight excluding hydrogens is 374 g/mol. The number of thioether (sulfide) groups is 1. The Labute approximate surface area is 168 Å². The van der Waals surface area contributed by atoms with Gasteiger partial charge in [-0.1, -0.05) is 23.9 Å². The Morgan fingerprint density at radius 3 is 2.68 bits per heavy atom. The molecule has 0 unspecified atom stereocenters. The van der Waals surface area contributed by atoms with Crippen molar-refractivity contribution in [3.63, 3.8) is 0 Å². The van der Waals surface area contributed by atoms with Crippen LogP contribution in [0.3, 0.4) is 0 Å². The van der Waals surface area contributed by atoms with Crippen LogP contribution in [0, 0.1) is 13.8 Å². The van der Waals surface area contributed by atoms with Gasteiger partial charge in [-0.2, -0.15) is 4.68 Å². The summed E-state index contributed by atoms with van der Waals surface area (Å²) in [5, 5.41) is 15.1. The fraction of sp³-hybridized carbons (Fsp3) is 0.300. The SMILES string of the molecule is CCOc1ccc(NC(=O)[C@@H](C)Sc2nnnn2-c2cc(C)ccc2C)cc1. The Hall–Kier alpha value is -2.87. The average molecular weight is 398 g/mol. The number of rotatable bonds is 7. The molecule has 7 nitrogen and oxygen atoms in total. The molecule has 3 aromatic rings. The van der Waals surface area contributed by atoms with Crippen molar-refractivity contribution in [3.05, 3.63) is 53.6 Å². The number of hydrogen-bond donors (Lipinski definition) is 1. The minimum absolute atomic E-state index is 0.121. The van der Waals surface area contributed by atoms with Crippen molar-refractivity contribution in [1.82, 2.24) is 20.2 Å². The summed E-state index contributed by atoms with van der Waals surface area (Å²) in [5.41, 5.74) is 3.81. The number of carbonyl (C=O) groups is 1. The first-order valence-electron chi connectivity index (χ1n) is 9.04. The van der Waals surface area contributed by atoms with E-state index in [4.69, 9.17) is 4.74 Å². The Morgan fingerprint density at radius 1 is 1.21 bits per heavy atom. The van der Waals surface area contributed by atoms with Crippen molar-refractivity contribution in [2.45, 2.75) is 38.1 Å². The van der Waals surface area contributed by atoms with E-state index in [0.29, 0.717) is 11.8 Å². The predicted molar refractivity (Wildman–Crippen MR) is 110 cm³/mol. The second-order valence-electron chi connectivity index (χ2n) is 6.37. The summed E-state index contributed by atoms with van der Waals surface area (Å²) in [7, 11) is 0. The molecule has 0 aliphatic heterocycles. The van der Waals surface area contributed by atoms with Crippen molar-refractivity contribution in [2.24, 2.45) is 0 Å². The van der Waals surface area contributed by atoms with Gasteiger partial charge in [-0.3, -0.25) is 4.79 Å². The maximum atomic E-state index is 12.6. The van der Waals surface area contributed by atoms with Crippen LogP contribution in [0.1, 0.15) is 25.0 Å². The molecule has 3 rings (SSSR count). The minimum Gasteiger partial charge on any atom is -0.494 e. The molecule has 0 fully saturated rings. The molecular formula is C20H23N5O2S. The van der Waals surface area contributed by atoms with Crippen LogP contribution in [0.15, 0.2) is 47.6 Å². The molecule has 0 aliphatic rings. The smallest absolute Gasteiger partial charge is 0.237 e. The highest BCUT2D eigenvalue weighted by Crippen LogP contribution is 2.26. The second kappa shape index (κ2) is 8.88. The first-order chi connectivity index (χ1) is 13.5. The zero-order valence-electron chi connectivity index (χ0n) is 16.3. The average Bonchev–Trinajstić information content (AvgIpc) is 3.13. The zero-order valence-corrected chi connectivity index (χ0v) is 17.2. The second-order valence-corrected chi connectivity index (χ2v) is 7.68. The summed E-state index contributed by atoms with van der Waals surface area (Å²) in [5.74, 6) is 0.653. The van der Waals surface area contributed by atoms with E-state index in [-0.39, 0.29) is 11.2 Å². The van der Waals surface area contributed by atoms with Gasteiger partial charge >= 0.3 is 0 Å². The van der Waals surface area contributed by atoms with Crippen molar-refractivity contribution in [2.75, 3.05) is 11.9 Å². The third-order valence-electron chi connectivity index (χ3n) is 4.12. The Kier molecular flexibility index (Phi) is 6.30. The number of nitrogens with one attached hydrogen (secondary N) is 1. The van der Waals surface area contributed by atoms with Crippen LogP contribution >= 0.6 is 11.8 Å². The number of carbonyl (C=O) groups excluding carboxylic acids is 1. The molecule has 0 saturated heterocycles. The van der Waals surface area contributed by atoms with E-state index in [2.05, 4.69) is 20.8 Å². The number of ether oxygens (including phenoxy) is 1. The predicted octanol–water partition coefficient (Wildman–Crippen LogP) is 3.80. The van der Waals surface area contributed by atoms with Crippen LogP contribution in [0.5, 0.6) is 5.75 Å². The van der Waals surface area contributed by atoms with Gasteiger partial charge in [0.1, 0.15) is 5.75 Å². The standard InChI is InChI=1S/C20H23N5O2S/c1-5-27-17-10-8-16(9-11-17)21-19(26)15(4)28-20-22-23-24-25(20)18-12-13(2)6-7-14(18)3/h6-12,15H,5H2,1-4H3,(H,21,26)/t15-/m1/s1. The van der Waals surface area contributed by atoms with Crippen molar-refractivity contribution in [1.29, 1.82) is 0 Å². The highest BCUT2D eigenvalue weighted by molar-refractivity contribution is 8.00. The Bertz CT molecular complexity index is 955. The van der Waals surface area contributed by atoms with Gasteiger partial charge in [0.25, 0.3) is 0 Å². The largest absolute Gasteiger partial charge is 0.494 e. The zero-order chi connectivity index (χ0) is 20.1. The van der Waals surface area contributed by atoms with Crippen molar-refractivity contribution < 1.29 is 9.53 Å². The molecule has 1 N–H and O–H groups in total. The number of amides is 1. The molecule has 0 aliphatic carbocycles. The van der Waals surface area contributed by atoms with Crippen molar-refractivity contribution >= 4 is 23.4 Å². The molecule has 0 spiro atoms. The molecule has 0 radical (unpaired) electrons. The normalized spacial score (nSPS) is 11.9. The first kappa shape index (κ1) is 19.9. The maximum Gasteiger partial charge on any atom is 0.237 e. The molecule has 8 heteroatoms. The van der Waals surface area contributed by atoms with Crippen LogP contribution in [0.2, 0.25) is 0 Å². The van der Waals surface area contributed by atoms with Gasteiger partial charge in [-0.15, -0.1) is 5.10 Å². The lowest BCUT2D eigenvalue weighted by molar-refractivity contribution is -0.115. The van der Waals surface area contributed by atoms with E-state index in [1.54, 1.807) is 4.68 Å². The summed E-state index contributed by atoms with van der Waals surface area (Å²) in [4.78, 5) is 12.6. The van der Waals surface area contributed by atoms with Gasteiger partial charge < -0.3 is 10.1 Å². The van der Waals surface area contributed by atoms with E-state index in [1.165, 1.54) is 11.8 Å². The fourth-order valence-corrected chi connectivity index (χ4v) is 3.41. The quantitative estimate of drug-likeness (QED) is 0.611. The molecule has 1 atom stereocenters. The fourth-order valence-electron chi connectivity index (χ4n) is 2.61. The molecule has 1 amide bonds. The van der Waals surface area contributed by atoms with Gasteiger partial charge in [-0.25, -0.2) is 0 Å². The lowest BCUT2D eigenvalue weighted by Crippen LogP contribution is -2.23. The highest BCUT2D eigenvalue weighted by Gasteiger charge is 2.20. The molecule has 2 aromatic carbocycles. The van der Waals surface area contributed by atoms with E-state index in [0.717, 1.165) is 28.3 Å². The number of aryl methyl sites for hydroxylation is 2. The van der Waals surface area contributed by atoms with Gasteiger partial charge in [0, 0.05) is 5.69 Å². The molecule has 1 aromatic heterocycles. The van der Waals surface area contributed by atoms with E-state index < -0.39 is 0 Å². The molecule has 0 saturated carbocycles. The number of anilines is 1. The minimum atomic E-state index is -0.374. The topological polar surface area (TPSA) is 81.9 Å². The summed E-state index contributed by atoms with van der Waals surface area (Å²) in [6.45, 7) is 8.39. The van der Waals surface area contributed by atoms with Crippen LogP contribution in [0.25, 0.3) is 5.69 Å². The summed E-state index contributed by atoms with van der Waals surface area (Å²) < 4.78 is 7.09. The summed E-state index contributed by atoms with van der Waals surface area (Å²) >= 11 is 1.32. The maximum absolute atomic E-state index is 12.6. The van der Waals surface area contributed by atoms with Crippen LogP contribution in [-0.4, -0.2) is 38.0 Å². The third-order valence-corrected chi connectivity index (χ3v) is 5.15. The Morgan fingerprint density at radius 2 is 1.96 bits per heavy atom. The lowest BCUT2D eigenvalue weighted by Gasteiger charge is -2.13. The Balaban J connectivity index is 1.69. The van der Waals surface area contributed by atoms with E-state index >= 15 is 0 Å². The first-order valence-corrected chi connectivity index (χ1v) is 9.92. The lowest BCUT2D eigenvalue weighted by atomic mass is 10.1. The van der Waals surface area contributed by atoms with Crippen LogP contribution in [0.4, 0.5) is 5.69 Å². The molecule has 28 heavy (non-hydrogen) atoms. The van der Waals surface area contributed by atoms with Gasteiger partial charge in [0.15, 0.2) is 0 Å². The number of tetrazole rings is 1. The molecule has 0 bridgehead atoms. The van der Waals surface area contributed by atoms with Crippen LogP contribution < -0.4 is 10.1 Å². The summed E-state index contributed by atoms with van der Waals surface area (Å²) in [6, 6.07) is 13.4. The third kappa shape index (κ3) is 4.69. The van der Waals surface area contributed by atoms with E-state index in [1.807, 2.05) is 70.2 Å². The van der Waals surface area contributed by atoms with Crippen molar-refractivity contribution in [3.8, 4) is 11.4 Å². The summed E-state index contributed by atoms with van der Waals surface area (Å²) in [6.07, 6.45) is 0. The van der Waals surface area contributed by atoms with Gasteiger partial charge in [0.05, 0.1) is 17.5 Å². The van der Waals surface area contributed by atoms with Crippen LogP contribution in [-0.2, 0) is 4.79 Å². The number of aromatic nitrogens is 4. The highest BCUT2D eigenvalue weighted by atomic mass is 32.2. The molecule has 1 heterocycles. The van der Waals surface area contributed by atoms with Gasteiger partial charge in [0.2, 0.25) is 11.1 Å².